The predicted octanol–water partition coefficient (Wildman–Crippen LogP) is 3.05. The highest BCUT2D eigenvalue weighted by Crippen LogP contribution is 2.22. The molecule has 0 aromatic carbocycles. The van der Waals surface area contributed by atoms with Gasteiger partial charge in [0.25, 0.3) is 5.91 Å². The Morgan fingerprint density at radius 1 is 1.23 bits per heavy atom. The van der Waals surface area contributed by atoms with E-state index in [0.717, 1.165) is 13.1 Å². The number of thiophene rings is 1. The zero-order chi connectivity index (χ0) is 18.8. The maximum Gasteiger partial charge on any atom is 0.286 e. The van der Waals surface area contributed by atoms with Crippen LogP contribution in [0, 0.1) is 0 Å². The molecule has 0 aliphatic heterocycles. The Bertz CT molecular complexity index is 652. The first-order chi connectivity index (χ1) is 12.7. The lowest BCUT2D eigenvalue weighted by Gasteiger charge is -2.29. The summed E-state index contributed by atoms with van der Waals surface area (Å²) in [5.74, 6) is 0.0337. The summed E-state index contributed by atoms with van der Waals surface area (Å²) < 4.78 is 5.02. The summed E-state index contributed by atoms with van der Waals surface area (Å²) >= 11 is 1.67. The second kappa shape index (κ2) is 10.8. The van der Waals surface area contributed by atoms with E-state index in [9.17, 15) is 9.59 Å². The lowest BCUT2D eigenvalue weighted by atomic mass is 10.1. The molecular formula is C19H27N3O3S. The molecule has 0 bridgehead atoms. The number of carbonyl (C=O) groups excluding carboxylic acids is 2. The van der Waals surface area contributed by atoms with Crippen molar-refractivity contribution in [2.75, 3.05) is 26.2 Å². The van der Waals surface area contributed by atoms with Gasteiger partial charge in [0.15, 0.2) is 5.76 Å². The maximum absolute atomic E-state index is 12.1. The van der Waals surface area contributed by atoms with E-state index < -0.39 is 0 Å². The Morgan fingerprint density at radius 2 is 2.04 bits per heavy atom. The fourth-order valence-electron chi connectivity index (χ4n) is 2.83. The van der Waals surface area contributed by atoms with Crippen LogP contribution in [0.2, 0.25) is 0 Å². The quantitative estimate of drug-likeness (QED) is 0.590. The van der Waals surface area contributed by atoms with E-state index in [1.54, 1.807) is 23.5 Å². The Labute approximate surface area is 158 Å². The normalized spacial score (nSPS) is 12.1. The highest BCUT2D eigenvalue weighted by molar-refractivity contribution is 7.07. The molecule has 2 aromatic rings. The molecule has 2 aromatic heterocycles. The zero-order valence-electron chi connectivity index (χ0n) is 15.4. The molecule has 0 spiro atoms. The highest BCUT2D eigenvalue weighted by Gasteiger charge is 2.19. The van der Waals surface area contributed by atoms with E-state index in [4.69, 9.17) is 4.42 Å². The fraction of sp³-hybridized carbons (Fsp3) is 0.474. The van der Waals surface area contributed by atoms with Crippen molar-refractivity contribution >= 4 is 23.2 Å². The molecular weight excluding hydrogens is 350 g/mol. The molecule has 2 amide bonds. The molecule has 142 valence electrons. The van der Waals surface area contributed by atoms with Crippen LogP contribution in [0.3, 0.4) is 0 Å². The first-order valence-electron chi connectivity index (χ1n) is 9.00. The third-order valence-corrected chi connectivity index (χ3v) is 4.99. The van der Waals surface area contributed by atoms with Gasteiger partial charge in [0.2, 0.25) is 5.91 Å². The van der Waals surface area contributed by atoms with E-state index in [1.165, 1.54) is 11.8 Å². The van der Waals surface area contributed by atoms with E-state index in [0.29, 0.717) is 25.9 Å². The third-order valence-electron chi connectivity index (χ3n) is 4.28. The molecule has 0 aliphatic carbocycles. The largest absolute Gasteiger partial charge is 0.459 e. The molecule has 2 N–H and O–H groups in total. The van der Waals surface area contributed by atoms with E-state index >= 15 is 0 Å². The first-order valence-corrected chi connectivity index (χ1v) is 9.94. The van der Waals surface area contributed by atoms with Crippen LogP contribution in [0.1, 0.15) is 48.8 Å². The smallest absolute Gasteiger partial charge is 0.286 e. The van der Waals surface area contributed by atoms with Gasteiger partial charge in [0.1, 0.15) is 0 Å². The summed E-state index contributed by atoms with van der Waals surface area (Å²) in [6, 6.07) is 5.59. The van der Waals surface area contributed by atoms with Gasteiger partial charge in [0, 0.05) is 19.5 Å². The van der Waals surface area contributed by atoms with Crippen molar-refractivity contribution in [3.8, 4) is 0 Å². The summed E-state index contributed by atoms with van der Waals surface area (Å²) in [6.07, 6.45) is 2.43. The predicted molar refractivity (Wildman–Crippen MR) is 103 cm³/mol. The van der Waals surface area contributed by atoms with Crippen LogP contribution in [0.4, 0.5) is 0 Å². The molecule has 2 rings (SSSR count). The minimum Gasteiger partial charge on any atom is -0.459 e. The minimum atomic E-state index is -0.255. The minimum absolute atomic E-state index is 0.00429. The second-order valence-electron chi connectivity index (χ2n) is 5.93. The van der Waals surface area contributed by atoms with Crippen LogP contribution in [-0.2, 0) is 4.79 Å². The van der Waals surface area contributed by atoms with Gasteiger partial charge >= 0.3 is 0 Å². The SMILES string of the molecule is CCN(CC)C(CNC(=O)CCCNC(=O)c1ccco1)c1ccsc1. The summed E-state index contributed by atoms with van der Waals surface area (Å²) in [6.45, 7) is 7.17. The van der Waals surface area contributed by atoms with Crippen LogP contribution < -0.4 is 10.6 Å². The van der Waals surface area contributed by atoms with Crippen LogP contribution in [0.15, 0.2) is 39.6 Å². The Balaban J connectivity index is 1.71. The number of rotatable bonds is 11. The second-order valence-corrected chi connectivity index (χ2v) is 6.71. The topological polar surface area (TPSA) is 74.6 Å². The van der Waals surface area contributed by atoms with Gasteiger partial charge in [-0.2, -0.15) is 11.3 Å². The van der Waals surface area contributed by atoms with E-state index in [2.05, 4.69) is 46.2 Å². The number of likely N-dealkylation sites (N-methyl/N-ethyl adjacent to an activating group) is 1. The van der Waals surface area contributed by atoms with Crippen molar-refractivity contribution in [1.82, 2.24) is 15.5 Å². The Morgan fingerprint density at radius 3 is 2.65 bits per heavy atom. The molecule has 2 heterocycles. The molecule has 0 fully saturated rings. The van der Waals surface area contributed by atoms with Gasteiger partial charge in [-0.25, -0.2) is 0 Å². The lowest BCUT2D eigenvalue weighted by molar-refractivity contribution is -0.121. The Kier molecular flexibility index (Phi) is 8.37. The number of hydrogen-bond donors (Lipinski definition) is 2. The molecule has 7 heteroatoms. The lowest BCUT2D eigenvalue weighted by Crippen LogP contribution is -2.38. The average molecular weight is 378 g/mol. The third kappa shape index (κ3) is 6.00. The summed E-state index contributed by atoms with van der Waals surface area (Å²) in [4.78, 5) is 26.2. The first kappa shape index (κ1) is 20.2. The van der Waals surface area contributed by atoms with Crippen molar-refractivity contribution in [2.45, 2.75) is 32.7 Å². The zero-order valence-corrected chi connectivity index (χ0v) is 16.2. The van der Waals surface area contributed by atoms with Crippen LogP contribution in [0.5, 0.6) is 0 Å². The van der Waals surface area contributed by atoms with Gasteiger partial charge in [-0.15, -0.1) is 0 Å². The van der Waals surface area contributed by atoms with Crippen molar-refractivity contribution in [1.29, 1.82) is 0 Å². The monoisotopic (exact) mass is 377 g/mol. The van der Waals surface area contributed by atoms with Gasteiger partial charge < -0.3 is 15.1 Å². The van der Waals surface area contributed by atoms with Crippen molar-refractivity contribution in [3.63, 3.8) is 0 Å². The molecule has 0 saturated heterocycles. The number of furan rings is 1. The standard InChI is InChI=1S/C19H27N3O3S/c1-3-22(4-2)16(15-9-12-26-14-15)13-21-18(23)8-5-10-20-19(24)17-7-6-11-25-17/h6-7,9,11-12,14,16H,3-5,8,10,13H2,1-2H3,(H,20,24)(H,21,23). The van der Waals surface area contributed by atoms with Crippen LogP contribution in [-0.4, -0.2) is 42.9 Å². The highest BCUT2D eigenvalue weighted by atomic mass is 32.1. The number of nitrogens with zero attached hydrogens (tertiary/aromatic N) is 1. The Hall–Kier alpha value is -2.12. The summed E-state index contributed by atoms with van der Waals surface area (Å²) in [7, 11) is 0. The number of carbonyl (C=O) groups is 2. The number of nitrogens with one attached hydrogen (secondary N) is 2. The van der Waals surface area contributed by atoms with Crippen molar-refractivity contribution in [3.05, 3.63) is 46.5 Å². The van der Waals surface area contributed by atoms with E-state index in [1.807, 2.05) is 0 Å². The van der Waals surface area contributed by atoms with Crippen molar-refractivity contribution in [2.24, 2.45) is 0 Å². The molecule has 1 atom stereocenters. The van der Waals surface area contributed by atoms with Crippen molar-refractivity contribution < 1.29 is 14.0 Å². The van der Waals surface area contributed by atoms with Gasteiger partial charge in [0.05, 0.1) is 12.3 Å². The van der Waals surface area contributed by atoms with E-state index in [-0.39, 0.29) is 23.6 Å². The molecule has 1 unspecified atom stereocenters. The number of amides is 2. The average Bonchev–Trinajstić information content (AvgIpc) is 3.35. The van der Waals surface area contributed by atoms with Crippen LogP contribution >= 0.6 is 11.3 Å². The molecule has 26 heavy (non-hydrogen) atoms. The fourth-order valence-corrected chi connectivity index (χ4v) is 3.54. The number of hydrogen-bond acceptors (Lipinski definition) is 5. The molecule has 0 radical (unpaired) electrons. The summed E-state index contributed by atoms with van der Waals surface area (Å²) in [5.41, 5.74) is 1.24. The molecule has 0 saturated carbocycles. The van der Waals surface area contributed by atoms with Gasteiger partial charge in [-0.3, -0.25) is 14.5 Å². The van der Waals surface area contributed by atoms with Gasteiger partial charge in [-0.05, 0) is 54.0 Å². The van der Waals surface area contributed by atoms with Gasteiger partial charge in [-0.1, -0.05) is 13.8 Å². The van der Waals surface area contributed by atoms with Crippen LogP contribution in [0.25, 0.3) is 0 Å². The summed E-state index contributed by atoms with van der Waals surface area (Å²) in [5, 5.41) is 9.98. The molecule has 0 aliphatic rings. The molecule has 6 nitrogen and oxygen atoms in total. The maximum atomic E-state index is 12.1.